The van der Waals surface area contributed by atoms with Gasteiger partial charge in [-0.1, -0.05) is 32.1 Å². The number of Topliss-reactive ketones (excluding diaryl/α,β-unsaturated/α-hetero) is 1. The number of ether oxygens (including phenoxy) is 2. The molecule has 0 aliphatic heterocycles. The summed E-state index contributed by atoms with van der Waals surface area (Å²) in [6.07, 6.45) is 7.95. The van der Waals surface area contributed by atoms with Gasteiger partial charge in [0.05, 0.1) is 0 Å². The van der Waals surface area contributed by atoms with Crippen molar-refractivity contribution in [2.45, 2.75) is 64.9 Å². The molecule has 28 heavy (non-hydrogen) atoms. The van der Waals surface area contributed by atoms with E-state index < -0.39 is 6.16 Å². The highest BCUT2D eigenvalue weighted by Crippen LogP contribution is 2.63. The van der Waals surface area contributed by atoms with E-state index in [0.717, 1.165) is 37.7 Å². The van der Waals surface area contributed by atoms with Crippen LogP contribution < -0.4 is 0 Å². The quantitative estimate of drug-likeness (QED) is 0.531. The Labute approximate surface area is 166 Å². The van der Waals surface area contributed by atoms with Gasteiger partial charge >= 0.3 is 6.16 Å². The van der Waals surface area contributed by atoms with Crippen molar-refractivity contribution >= 4 is 17.7 Å². The third-order valence-electron chi connectivity index (χ3n) is 8.19. The fraction of sp³-hybridized carbons (Fsp3) is 0.696. The first-order chi connectivity index (χ1) is 13.3. The number of rotatable bonds is 3. The number of allylic oxidation sites excluding steroid dienone is 1. The molecular weight excluding hydrogens is 356 g/mol. The Bertz CT molecular complexity index is 752. The zero-order valence-corrected chi connectivity index (χ0v) is 16.9. The molecule has 0 spiro atoms. The Balaban J connectivity index is 1.55. The van der Waals surface area contributed by atoms with Crippen LogP contribution >= 0.6 is 0 Å². The third-order valence-corrected chi connectivity index (χ3v) is 8.19. The number of fused-ring (bicyclic) bond motifs is 5. The SMILES string of the molecule is C=CCOC(=O)O[C@H]1CC[C@@]2(C)C(=CC(=O)C3C2CC[C@]2(C)C(=O)CCC32)C1. The zero-order valence-electron chi connectivity index (χ0n) is 16.9. The van der Waals surface area contributed by atoms with Gasteiger partial charge in [0.1, 0.15) is 18.5 Å². The van der Waals surface area contributed by atoms with Gasteiger partial charge in [0.25, 0.3) is 0 Å². The highest BCUT2D eigenvalue weighted by molar-refractivity contribution is 5.96. The van der Waals surface area contributed by atoms with Crippen LogP contribution in [-0.2, 0) is 19.1 Å². The topological polar surface area (TPSA) is 69.7 Å². The molecule has 0 N–H and O–H groups in total. The van der Waals surface area contributed by atoms with Crippen molar-refractivity contribution in [1.82, 2.24) is 0 Å². The number of hydrogen-bond donors (Lipinski definition) is 0. The van der Waals surface area contributed by atoms with E-state index >= 15 is 0 Å². The van der Waals surface area contributed by atoms with Gasteiger partial charge in [0, 0.05) is 24.2 Å². The van der Waals surface area contributed by atoms with Crippen LogP contribution in [0.15, 0.2) is 24.3 Å². The van der Waals surface area contributed by atoms with E-state index in [9.17, 15) is 14.4 Å². The van der Waals surface area contributed by atoms with E-state index in [4.69, 9.17) is 9.47 Å². The van der Waals surface area contributed by atoms with Crippen LogP contribution in [0.5, 0.6) is 0 Å². The predicted octanol–water partition coefficient (Wildman–Crippen LogP) is 4.41. The molecule has 3 saturated carbocycles. The zero-order chi connectivity index (χ0) is 20.1. The van der Waals surface area contributed by atoms with Gasteiger partial charge in [-0.05, 0) is 55.4 Å². The molecular formula is C23H30O5. The van der Waals surface area contributed by atoms with Crippen LogP contribution in [0.25, 0.3) is 0 Å². The lowest BCUT2D eigenvalue weighted by molar-refractivity contribution is -0.139. The summed E-state index contributed by atoms with van der Waals surface area (Å²) >= 11 is 0. The minimum Gasteiger partial charge on any atom is -0.431 e. The minimum atomic E-state index is -0.674. The van der Waals surface area contributed by atoms with E-state index in [2.05, 4.69) is 20.4 Å². The summed E-state index contributed by atoms with van der Waals surface area (Å²) in [6.45, 7) is 8.01. The lowest BCUT2D eigenvalue weighted by atomic mass is 9.48. The second-order valence-electron chi connectivity index (χ2n) is 9.48. The Morgan fingerprint density at radius 3 is 2.64 bits per heavy atom. The van der Waals surface area contributed by atoms with Crippen molar-refractivity contribution in [1.29, 1.82) is 0 Å². The molecule has 0 aromatic heterocycles. The van der Waals surface area contributed by atoms with Gasteiger partial charge in [-0.25, -0.2) is 4.79 Å². The fourth-order valence-corrected chi connectivity index (χ4v) is 6.54. The average Bonchev–Trinajstić information content (AvgIpc) is 2.96. The van der Waals surface area contributed by atoms with E-state index in [1.807, 2.05) is 6.08 Å². The molecule has 4 aliphatic carbocycles. The normalized spacial score (nSPS) is 42.0. The molecule has 4 aliphatic rings. The van der Waals surface area contributed by atoms with Crippen LogP contribution in [0.1, 0.15) is 58.8 Å². The van der Waals surface area contributed by atoms with Crippen LogP contribution in [0, 0.1) is 28.6 Å². The van der Waals surface area contributed by atoms with Gasteiger partial charge in [-0.2, -0.15) is 0 Å². The molecule has 6 atom stereocenters. The molecule has 5 heteroatoms. The summed E-state index contributed by atoms with van der Waals surface area (Å²) in [7, 11) is 0. The summed E-state index contributed by atoms with van der Waals surface area (Å²) < 4.78 is 10.4. The maximum Gasteiger partial charge on any atom is 0.508 e. The predicted molar refractivity (Wildman–Crippen MR) is 104 cm³/mol. The standard InChI is InChI=1S/C23H30O5/c1-4-11-27-21(26)28-15-7-9-22(2)14(12-15)13-18(24)20-16-5-6-19(25)23(16,3)10-8-17(20)22/h4,13,15-17,20H,1,5-12H2,2-3H3/t15-,16?,17?,20?,22-,23-/m0/s1. The van der Waals surface area contributed by atoms with E-state index in [-0.39, 0.29) is 47.1 Å². The molecule has 0 bridgehead atoms. The highest BCUT2D eigenvalue weighted by Gasteiger charge is 2.61. The Morgan fingerprint density at radius 2 is 1.89 bits per heavy atom. The average molecular weight is 386 g/mol. The fourth-order valence-electron chi connectivity index (χ4n) is 6.54. The summed E-state index contributed by atoms with van der Waals surface area (Å²) in [5.74, 6) is 0.965. The van der Waals surface area contributed by atoms with Crippen molar-refractivity contribution in [3.05, 3.63) is 24.3 Å². The molecule has 152 valence electrons. The molecule has 3 unspecified atom stereocenters. The van der Waals surface area contributed by atoms with Crippen molar-refractivity contribution in [3.63, 3.8) is 0 Å². The molecule has 0 heterocycles. The largest absolute Gasteiger partial charge is 0.508 e. The van der Waals surface area contributed by atoms with Crippen LogP contribution in [0.4, 0.5) is 4.79 Å². The molecule has 5 nitrogen and oxygen atoms in total. The van der Waals surface area contributed by atoms with Gasteiger partial charge in [0.2, 0.25) is 0 Å². The van der Waals surface area contributed by atoms with Crippen LogP contribution in [0.3, 0.4) is 0 Å². The first-order valence-electron chi connectivity index (χ1n) is 10.5. The third kappa shape index (κ3) is 2.85. The smallest absolute Gasteiger partial charge is 0.431 e. The molecule has 0 radical (unpaired) electrons. The Kier molecular flexibility index (Phi) is 4.75. The van der Waals surface area contributed by atoms with Crippen molar-refractivity contribution in [3.8, 4) is 0 Å². The van der Waals surface area contributed by atoms with Crippen molar-refractivity contribution in [2.75, 3.05) is 6.61 Å². The first-order valence-corrected chi connectivity index (χ1v) is 10.5. The second kappa shape index (κ2) is 6.85. The monoisotopic (exact) mass is 386 g/mol. The van der Waals surface area contributed by atoms with Crippen LogP contribution in [0.2, 0.25) is 0 Å². The molecule has 0 aromatic carbocycles. The van der Waals surface area contributed by atoms with Gasteiger partial charge in [0.15, 0.2) is 5.78 Å². The Hall–Kier alpha value is -1.91. The summed E-state index contributed by atoms with van der Waals surface area (Å²) in [5, 5.41) is 0. The molecule has 0 saturated heterocycles. The highest BCUT2D eigenvalue weighted by atomic mass is 16.7. The minimum absolute atomic E-state index is 0.0334. The number of hydrogen-bond acceptors (Lipinski definition) is 5. The molecule has 0 amide bonds. The maximum atomic E-state index is 13.2. The van der Waals surface area contributed by atoms with Gasteiger partial charge < -0.3 is 9.47 Å². The second-order valence-corrected chi connectivity index (χ2v) is 9.48. The molecule has 4 rings (SSSR count). The van der Waals surface area contributed by atoms with E-state index in [1.54, 1.807) is 0 Å². The van der Waals surface area contributed by atoms with Crippen molar-refractivity contribution in [2.24, 2.45) is 28.6 Å². The van der Waals surface area contributed by atoms with Gasteiger partial charge in [-0.3, -0.25) is 9.59 Å². The number of ketones is 2. The van der Waals surface area contributed by atoms with Gasteiger partial charge in [-0.15, -0.1) is 0 Å². The number of carbonyl (C=O) groups excluding carboxylic acids is 3. The maximum absolute atomic E-state index is 13.2. The summed E-state index contributed by atoms with van der Waals surface area (Å²) in [6, 6.07) is 0. The van der Waals surface area contributed by atoms with E-state index in [0.29, 0.717) is 18.6 Å². The summed E-state index contributed by atoms with van der Waals surface area (Å²) in [4.78, 5) is 37.4. The lowest BCUT2D eigenvalue weighted by Crippen LogP contribution is -2.53. The first kappa shape index (κ1) is 19.4. The van der Waals surface area contributed by atoms with E-state index in [1.165, 1.54) is 6.08 Å². The van der Waals surface area contributed by atoms with Crippen LogP contribution in [-0.4, -0.2) is 30.4 Å². The van der Waals surface area contributed by atoms with Crippen molar-refractivity contribution < 1.29 is 23.9 Å². The number of carbonyl (C=O) groups is 3. The Morgan fingerprint density at radius 1 is 1.18 bits per heavy atom. The molecule has 3 fully saturated rings. The lowest BCUT2D eigenvalue weighted by Gasteiger charge is -2.55. The molecule has 0 aromatic rings. The summed E-state index contributed by atoms with van der Waals surface area (Å²) in [5.41, 5.74) is 0.754.